The van der Waals surface area contributed by atoms with E-state index in [-0.39, 0.29) is 28.6 Å². The Balaban J connectivity index is 2.89. The third kappa shape index (κ3) is 3.52. The topological polar surface area (TPSA) is 18.5 Å². The van der Waals surface area contributed by atoms with Crippen LogP contribution in [0.3, 0.4) is 0 Å². The summed E-state index contributed by atoms with van der Waals surface area (Å²) in [5.41, 5.74) is 0.118. The van der Waals surface area contributed by atoms with Crippen LogP contribution in [-0.2, 0) is 9.47 Å². The van der Waals surface area contributed by atoms with E-state index in [9.17, 15) is 0 Å². The van der Waals surface area contributed by atoms with Crippen LogP contribution in [0.4, 0.5) is 0 Å². The summed E-state index contributed by atoms with van der Waals surface area (Å²) in [5.74, 6) is 0.557. The average Bonchev–Trinajstić information content (AvgIpc) is 2.36. The molecule has 1 saturated heterocycles. The van der Waals surface area contributed by atoms with Gasteiger partial charge < -0.3 is 9.47 Å². The number of ether oxygens (including phenoxy) is 2. The summed E-state index contributed by atoms with van der Waals surface area (Å²) in [6.07, 6.45) is 1.48. The van der Waals surface area contributed by atoms with E-state index in [0.717, 1.165) is 13.0 Å². The molecule has 1 aliphatic rings. The first-order valence-electron chi connectivity index (χ1n) is 7.69. The fraction of sp³-hybridized carbons (Fsp3) is 1.00. The molecule has 0 saturated carbocycles. The summed E-state index contributed by atoms with van der Waals surface area (Å²) in [5, 5.41) is 0. The maximum absolute atomic E-state index is 6.30. The van der Waals surface area contributed by atoms with Gasteiger partial charge in [0.25, 0.3) is 0 Å². The van der Waals surface area contributed by atoms with E-state index < -0.39 is 0 Å². The number of hydrogen-bond acceptors (Lipinski definition) is 2. The first-order valence-corrected chi connectivity index (χ1v) is 7.69. The molecule has 0 N–H and O–H groups in total. The van der Waals surface area contributed by atoms with Gasteiger partial charge in [0.2, 0.25) is 0 Å². The maximum Gasteiger partial charge on any atom is 0.0987 e. The van der Waals surface area contributed by atoms with Gasteiger partial charge in [-0.2, -0.15) is 0 Å². The Bertz CT molecular complexity index is 301. The van der Waals surface area contributed by atoms with Gasteiger partial charge >= 0.3 is 0 Å². The molecular formula is C17H34O2. The smallest absolute Gasteiger partial charge is 0.0987 e. The van der Waals surface area contributed by atoms with Crippen molar-refractivity contribution in [2.45, 2.75) is 86.5 Å². The summed E-state index contributed by atoms with van der Waals surface area (Å²) in [4.78, 5) is 0. The molecule has 0 aromatic heterocycles. The molecule has 0 spiro atoms. The van der Waals surface area contributed by atoms with Crippen molar-refractivity contribution in [1.82, 2.24) is 0 Å². The number of hydrogen-bond donors (Lipinski definition) is 0. The van der Waals surface area contributed by atoms with Crippen LogP contribution < -0.4 is 0 Å². The van der Waals surface area contributed by atoms with Crippen LogP contribution in [0, 0.1) is 16.7 Å². The van der Waals surface area contributed by atoms with Crippen LogP contribution in [0.25, 0.3) is 0 Å². The zero-order valence-corrected chi connectivity index (χ0v) is 14.5. The van der Waals surface area contributed by atoms with E-state index in [1.54, 1.807) is 0 Å². The largest absolute Gasteiger partial charge is 0.372 e. The molecule has 2 heteroatoms. The lowest BCUT2D eigenvalue weighted by atomic mass is 9.68. The van der Waals surface area contributed by atoms with E-state index in [0.29, 0.717) is 5.92 Å². The summed E-state index contributed by atoms with van der Waals surface area (Å²) >= 11 is 0. The van der Waals surface area contributed by atoms with Gasteiger partial charge in [-0.1, -0.05) is 48.5 Å². The van der Waals surface area contributed by atoms with E-state index in [1.165, 1.54) is 0 Å². The van der Waals surface area contributed by atoms with Gasteiger partial charge in [0.1, 0.15) is 0 Å². The maximum atomic E-state index is 6.30. The fourth-order valence-electron chi connectivity index (χ4n) is 2.89. The molecule has 114 valence electrons. The highest BCUT2D eigenvalue weighted by Gasteiger charge is 2.58. The molecule has 1 fully saturated rings. The van der Waals surface area contributed by atoms with Crippen molar-refractivity contribution in [3.05, 3.63) is 0 Å². The van der Waals surface area contributed by atoms with Gasteiger partial charge in [0.15, 0.2) is 0 Å². The molecule has 2 nitrogen and oxygen atoms in total. The Morgan fingerprint density at radius 1 is 1.16 bits per heavy atom. The predicted octanol–water partition coefficient (Wildman–Crippen LogP) is 4.67. The molecule has 1 rings (SSSR count). The lowest BCUT2D eigenvalue weighted by Gasteiger charge is -2.42. The second-order valence-electron chi connectivity index (χ2n) is 8.57. The van der Waals surface area contributed by atoms with Crippen LogP contribution in [0.15, 0.2) is 0 Å². The van der Waals surface area contributed by atoms with Crippen molar-refractivity contribution < 1.29 is 9.47 Å². The van der Waals surface area contributed by atoms with Gasteiger partial charge in [0.05, 0.1) is 17.8 Å². The molecule has 0 aliphatic carbocycles. The quantitative estimate of drug-likeness (QED) is 0.739. The summed E-state index contributed by atoms with van der Waals surface area (Å²) in [6.45, 7) is 21.0. The second-order valence-corrected chi connectivity index (χ2v) is 8.57. The second kappa shape index (κ2) is 5.37. The summed E-state index contributed by atoms with van der Waals surface area (Å²) in [6, 6.07) is 0. The lowest BCUT2D eigenvalue weighted by molar-refractivity contribution is -0.118. The Morgan fingerprint density at radius 3 is 2.11 bits per heavy atom. The van der Waals surface area contributed by atoms with E-state index in [1.807, 2.05) is 0 Å². The lowest BCUT2D eigenvalue weighted by Crippen LogP contribution is -2.50. The molecule has 0 aromatic carbocycles. The average molecular weight is 270 g/mol. The van der Waals surface area contributed by atoms with Crippen molar-refractivity contribution in [2.24, 2.45) is 16.7 Å². The van der Waals surface area contributed by atoms with Crippen molar-refractivity contribution in [2.75, 3.05) is 6.61 Å². The van der Waals surface area contributed by atoms with Crippen LogP contribution >= 0.6 is 0 Å². The Kier molecular flexibility index (Phi) is 4.79. The SMILES string of the molecule is CC(C)COC1(C)[C@H](C)O[C@H](CC(C)(C)C)C1(C)C. The molecule has 19 heavy (non-hydrogen) atoms. The monoisotopic (exact) mass is 270 g/mol. The predicted molar refractivity (Wildman–Crippen MR) is 81.4 cm³/mol. The fourth-order valence-corrected chi connectivity index (χ4v) is 2.89. The Morgan fingerprint density at radius 2 is 1.68 bits per heavy atom. The third-order valence-electron chi connectivity index (χ3n) is 4.74. The molecule has 1 aliphatic heterocycles. The molecular weight excluding hydrogens is 236 g/mol. The third-order valence-corrected chi connectivity index (χ3v) is 4.74. The van der Waals surface area contributed by atoms with Gasteiger partial charge in [-0.25, -0.2) is 0 Å². The van der Waals surface area contributed by atoms with E-state index >= 15 is 0 Å². The normalized spacial score (nSPS) is 35.1. The Hall–Kier alpha value is -0.0800. The minimum atomic E-state index is -0.201. The summed E-state index contributed by atoms with van der Waals surface area (Å²) < 4.78 is 12.6. The molecule has 0 radical (unpaired) electrons. The van der Waals surface area contributed by atoms with Gasteiger partial charge in [-0.05, 0) is 31.6 Å². The minimum Gasteiger partial charge on any atom is -0.372 e. The van der Waals surface area contributed by atoms with Crippen molar-refractivity contribution in [1.29, 1.82) is 0 Å². The van der Waals surface area contributed by atoms with E-state index in [4.69, 9.17) is 9.47 Å². The van der Waals surface area contributed by atoms with Crippen LogP contribution in [-0.4, -0.2) is 24.4 Å². The van der Waals surface area contributed by atoms with Crippen molar-refractivity contribution in [3.8, 4) is 0 Å². The molecule has 1 heterocycles. The molecule has 3 atom stereocenters. The minimum absolute atomic E-state index is 0.0363. The number of rotatable bonds is 4. The summed E-state index contributed by atoms with van der Waals surface area (Å²) in [7, 11) is 0. The standard InChI is InChI=1S/C17H34O2/c1-12(2)11-18-17(9)13(3)19-14(16(17,7)8)10-15(4,5)6/h12-14H,10-11H2,1-9H3/t13-,14+,17?/m0/s1. The molecule has 0 amide bonds. The molecule has 0 aromatic rings. The zero-order valence-electron chi connectivity index (χ0n) is 14.5. The highest BCUT2D eigenvalue weighted by molar-refractivity contribution is 5.06. The van der Waals surface area contributed by atoms with Gasteiger partial charge in [-0.3, -0.25) is 0 Å². The van der Waals surface area contributed by atoms with Gasteiger partial charge in [-0.15, -0.1) is 0 Å². The first kappa shape index (κ1) is 17.0. The molecule has 0 bridgehead atoms. The highest BCUT2D eigenvalue weighted by Crippen LogP contribution is 2.51. The van der Waals surface area contributed by atoms with Crippen molar-refractivity contribution in [3.63, 3.8) is 0 Å². The van der Waals surface area contributed by atoms with Crippen LogP contribution in [0.5, 0.6) is 0 Å². The van der Waals surface area contributed by atoms with E-state index in [2.05, 4.69) is 62.3 Å². The van der Waals surface area contributed by atoms with Crippen molar-refractivity contribution >= 4 is 0 Å². The van der Waals surface area contributed by atoms with Crippen LogP contribution in [0.2, 0.25) is 0 Å². The Labute approximate surface area is 120 Å². The van der Waals surface area contributed by atoms with Gasteiger partial charge in [0, 0.05) is 12.0 Å². The zero-order chi connectivity index (χ0) is 15.1. The highest BCUT2D eigenvalue weighted by atomic mass is 16.6. The molecule has 1 unspecified atom stereocenters. The van der Waals surface area contributed by atoms with Crippen LogP contribution in [0.1, 0.15) is 68.7 Å². The first-order chi connectivity index (χ1) is 8.40.